The van der Waals surface area contributed by atoms with E-state index >= 15 is 0 Å². The number of carboxylic acid groups (broad SMARTS) is 2. The molecule has 2 unspecified atom stereocenters. The zero-order chi connectivity index (χ0) is 17.9. The zero-order valence-electron chi connectivity index (χ0n) is 14.3. The van der Waals surface area contributed by atoms with Gasteiger partial charge in [0.1, 0.15) is 11.1 Å². The molecule has 2 atom stereocenters. The van der Waals surface area contributed by atoms with Crippen LogP contribution in [0.5, 0.6) is 0 Å². The Balaban J connectivity index is 1.91. The van der Waals surface area contributed by atoms with E-state index in [9.17, 15) is 24.6 Å². The molecule has 4 aliphatic rings. The van der Waals surface area contributed by atoms with Crippen molar-refractivity contribution in [3.63, 3.8) is 0 Å². The molecule has 0 heterocycles. The summed E-state index contributed by atoms with van der Waals surface area (Å²) in [6.07, 6.45) is 1.77. The highest BCUT2D eigenvalue weighted by molar-refractivity contribution is 5.87. The van der Waals surface area contributed by atoms with Crippen LogP contribution in [0.1, 0.15) is 52.9 Å². The molecule has 4 aliphatic carbocycles. The van der Waals surface area contributed by atoms with Crippen LogP contribution in [0.2, 0.25) is 0 Å². The largest absolute Gasteiger partial charge is 0.481 e. The molecule has 7 nitrogen and oxygen atoms in total. The Morgan fingerprint density at radius 1 is 1.00 bits per heavy atom. The van der Waals surface area contributed by atoms with Crippen LogP contribution in [0, 0.1) is 23.2 Å². The van der Waals surface area contributed by atoms with Crippen LogP contribution >= 0.6 is 0 Å². The molecule has 1 amide bonds. The zero-order valence-corrected chi connectivity index (χ0v) is 14.3. The third-order valence-electron chi connectivity index (χ3n) is 5.99. The minimum absolute atomic E-state index is 0.228. The lowest BCUT2D eigenvalue weighted by molar-refractivity contribution is -0.187. The molecular weight excluding hydrogens is 314 g/mol. The molecule has 0 aliphatic heterocycles. The first-order chi connectivity index (χ1) is 11.0. The van der Waals surface area contributed by atoms with Gasteiger partial charge in [0, 0.05) is 0 Å². The van der Waals surface area contributed by atoms with Gasteiger partial charge in [0.2, 0.25) is 0 Å². The van der Waals surface area contributed by atoms with Gasteiger partial charge in [-0.2, -0.15) is 0 Å². The molecule has 3 N–H and O–H groups in total. The molecule has 0 aromatic carbocycles. The molecule has 0 aromatic heterocycles. The molecule has 24 heavy (non-hydrogen) atoms. The average molecular weight is 339 g/mol. The van der Waals surface area contributed by atoms with E-state index in [-0.39, 0.29) is 17.8 Å². The van der Waals surface area contributed by atoms with Crippen molar-refractivity contribution in [2.45, 2.75) is 64.0 Å². The van der Waals surface area contributed by atoms with E-state index in [4.69, 9.17) is 4.74 Å². The summed E-state index contributed by atoms with van der Waals surface area (Å²) in [5.74, 6) is -2.43. The van der Waals surface area contributed by atoms with E-state index in [1.165, 1.54) is 0 Å². The van der Waals surface area contributed by atoms with Crippen molar-refractivity contribution in [1.82, 2.24) is 5.32 Å². The van der Waals surface area contributed by atoms with Crippen molar-refractivity contribution < 1.29 is 29.3 Å². The number of alkyl carbamates (subject to hydrolysis) is 1. The maximum absolute atomic E-state index is 12.3. The topological polar surface area (TPSA) is 113 Å². The maximum Gasteiger partial charge on any atom is 0.408 e. The van der Waals surface area contributed by atoms with Crippen molar-refractivity contribution in [3.8, 4) is 0 Å². The normalized spacial score (nSPS) is 40.2. The number of hydrogen-bond acceptors (Lipinski definition) is 4. The molecule has 0 saturated heterocycles. The molecule has 4 saturated carbocycles. The number of nitrogens with one attached hydrogen (secondary N) is 1. The van der Waals surface area contributed by atoms with Gasteiger partial charge in [-0.05, 0) is 70.6 Å². The van der Waals surface area contributed by atoms with Crippen LogP contribution in [0.15, 0.2) is 0 Å². The Bertz CT molecular complexity index is 576. The molecule has 4 fully saturated rings. The average Bonchev–Trinajstić information content (AvgIpc) is 2.39. The molecule has 0 radical (unpaired) electrons. The summed E-state index contributed by atoms with van der Waals surface area (Å²) in [5, 5.41) is 22.2. The van der Waals surface area contributed by atoms with E-state index in [2.05, 4.69) is 5.32 Å². The first-order valence-corrected chi connectivity index (χ1v) is 8.46. The van der Waals surface area contributed by atoms with Gasteiger partial charge in [-0.15, -0.1) is 0 Å². The van der Waals surface area contributed by atoms with Gasteiger partial charge in [-0.25, -0.2) is 9.59 Å². The Labute approximate surface area is 140 Å². The number of rotatable bonds is 3. The highest BCUT2D eigenvalue weighted by Gasteiger charge is 2.68. The van der Waals surface area contributed by atoms with Crippen LogP contribution in [0.25, 0.3) is 0 Å². The number of hydrogen-bond donors (Lipinski definition) is 3. The molecule has 0 aromatic rings. The maximum atomic E-state index is 12.3. The SMILES string of the molecule is CC(C)(C)OC(=O)NC1(C(=O)O)C2CC3CC1CC(C(=O)O)(C3)C2. The summed E-state index contributed by atoms with van der Waals surface area (Å²) in [7, 11) is 0. The summed E-state index contributed by atoms with van der Waals surface area (Å²) in [5.41, 5.74) is -2.97. The van der Waals surface area contributed by atoms with Gasteiger partial charge in [0.25, 0.3) is 0 Å². The van der Waals surface area contributed by atoms with Crippen molar-refractivity contribution in [1.29, 1.82) is 0 Å². The number of aliphatic carboxylic acids is 2. The van der Waals surface area contributed by atoms with Crippen LogP contribution in [-0.2, 0) is 14.3 Å². The van der Waals surface area contributed by atoms with E-state index in [0.29, 0.717) is 32.1 Å². The number of amides is 1. The lowest BCUT2D eigenvalue weighted by Crippen LogP contribution is -2.72. The Morgan fingerprint density at radius 2 is 1.54 bits per heavy atom. The fourth-order valence-electron chi connectivity index (χ4n) is 5.35. The number of carboxylic acids is 2. The lowest BCUT2D eigenvalue weighted by atomic mass is 9.43. The fourth-order valence-corrected chi connectivity index (χ4v) is 5.35. The first kappa shape index (κ1) is 17.0. The lowest BCUT2D eigenvalue weighted by Gasteiger charge is -2.62. The minimum Gasteiger partial charge on any atom is -0.481 e. The molecule has 0 spiro atoms. The van der Waals surface area contributed by atoms with Gasteiger partial charge in [0.15, 0.2) is 0 Å². The number of ether oxygens (including phenoxy) is 1. The van der Waals surface area contributed by atoms with Crippen molar-refractivity contribution in [3.05, 3.63) is 0 Å². The smallest absolute Gasteiger partial charge is 0.408 e. The van der Waals surface area contributed by atoms with Crippen molar-refractivity contribution in [2.75, 3.05) is 0 Å². The second-order valence-corrected chi connectivity index (χ2v) is 8.73. The van der Waals surface area contributed by atoms with Crippen LogP contribution < -0.4 is 5.32 Å². The van der Waals surface area contributed by atoms with Gasteiger partial charge in [0.05, 0.1) is 5.41 Å². The summed E-state index contributed by atoms with van der Waals surface area (Å²) < 4.78 is 5.26. The third-order valence-corrected chi connectivity index (χ3v) is 5.99. The highest BCUT2D eigenvalue weighted by atomic mass is 16.6. The summed E-state index contributed by atoms with van der Waals surface area (Å²) in [4.78, 5) is 36.2. The van der Waals surface area contributed by atoms with Crippen molar-refractivity contribution in [2.24, 2.45) is 23.2 Å². The first-order valence-electron chi connectivity index (χ1n) is 8.46. The fraction of sp³-hybridized carbons (Fsp3) is 0.824. The molecule has 4 bridgehead atoms. The summed E-state index contributed by atoms with van der Waals surface area (Å²) in [6.45, 7) is 5.16. The van der Waals surface area contributed by atoms with E-state index in [1.807, 2.05) is 0 Å². The number of carbonyl (C=O) groups excluding carboxylic acids is 1. The molecule has 4 rings (SSSR count). The summed E-state index contributed by atoms with van der Waals surface area (Å²) in [6, 6.07) is 0. The van der Waals surface area contributed by atoms with E-state index < -0.39 is 34.6 Å². The quantitative estimate of drug-likeness (QED) is 0.727. The standard InChI is InChI=1S/C17H25NO6/c1-15(2,3)24-14(23)18-17(13(21)22)10-4-9-5-11(17)8-16(6-9,7-10)12(19)20/h9-11H,4-8H2,1-3H3,(H,18,23)(H,19,20)(H,21,22). The minimum atomic E-state index is -1.42. The van der Waals surface area contributed by atoms with Crippen molar-refractivity contribution >= 4 is 18.0 Å². The molecule has 7 heteroatoms. The number of carbonyl (C=O) groups is 3. The van der Waals surface area contributed by atoms with Gasteiger partial charge >= 0.3 is 18.0 Å². The Morgan fingerprint density at radius 3 is 1.96 bits per heavy atom. The summed E-state index contributed by atoms with van der Waals surface area (Å²) >= 11 is 0. The van der Waals surface area contributed by atoms with Crippen LogP contribution in [0.4, 0.5) is 4.79 Å². The predicted molar refractivity (Wildman–Crippen MR) is 83.4 cm³/mol. The Hall–Kier alpha value is -1.79. The molecule has 134 valence electrons. The monoisotopic (exact) mass is 339 g/mol. The molecular formula is C17H25NO6. The Kier molecular flexibility index (Phi) is 3.62. The second-order valence-electron chi connectivity index (χ2n) is 8.73. The van der Waals surface area contributed by atoms with Crippen LogP contribution in [-0.4, -0.2) is 39.4 Å². The van der Waals surface area contributed by atoms with E-state index in [1.54, 1.807) is 20.8 Å². The van der Waals surface area contributed by atoms with Gasteiger partial charge in [-0.1, -0.05) is 0 Å². The van der Waals surface area contributed by atoms with Gasteiger partial charge < -0.3 is 20.3 Å². The predicted octanol–water partition coefficient (Wildman–Crippen LogP) is 2.25. The van der Waals surface area contributed by atoms with Crippen LogP contribution in [0.3, 0.4) is 0 Å². The third kappa shape index (κ3) is 2.45. The van der Waals surface area contributed by atoms with Gasteiger partial charge in [-0.3, -0.25) is 4.79 Å². The van der Waals surface area contributed by atoms with E-state index in [0.717, 1.165) is 0 Å². The second kappa shape index (κ2) is 5.10. The highest BCUT2D eigenvalue weighted by Crippen LogP contribution is 2.63.